The van der Waals surface area contributed by atoms with Gasteiger partial charge in [-0.1, -0.05) is 23.7 Å². The third-order valence-corrected chi connectivity index (χ3v) is 4.27. The number of hydrogen-bond donors (Lipinski definition) is 2. The lowest BCUT2D eigenvalue weighted by molar-refractivity contribution is -0.0730. The van der Waals surface area contributed by atoms with Crippen LogP contribution >= 0.6 is 11.6 Å². The number of benzene rings is 1. The molecule has 2 unspecified atom stereocenters. The molecule has 0 radical (unpaired) electrons. The van der Waals surface area contributed by atoms with Crippen LogP contribution in [0, 0.1) is 5.82 Å². The molecule has 124 valence electrons. The van der Waals surface area contributed by atoms with Crippen molar-refractivity contribution in [3.63, 3.8) is 0 Å². The van der Waals surface area contributed by atoms with Gasteiger partial charge in [-0.3, -0.25) is 0 Å². The molecule has 1 saturated heterocycles. The van der Waals surface area contributed by atoms with E-state index in [1.165, 1.54) is 6.07 Å². The monoisotopic (exact) mass is 331 g/mol. The molecule has 6 heteroatoms. The van der Waals surface area contributed by atoms with Gasteiger partial charge in [-0.2, -0.15) is 0 Å². The minimum Gasteiger partial charge on any atom is -0.388 e. The van der Waals surface area contributed by atoms with Crippen LogP contribution in [0.2, 0.25) is 5.02 Å². The number of hydrogen-bond acceptors (Lipinski definition) is 4. The summed E-state index contributed by atoms with van der Waals surface area (Å²) in [7, 11) is 1.66. The number of methoxy groups -OCH3 is 1. The van der Waals surface area contributed by atoms with Crippen molar-refractivity contribution in [2.45, 2.75) is 37.6 Å². The second-order valence-corrected chi connectivity index (χ2v) is 5.88. The Balaban J connectivity index is 1.82. The molecule has 3 atom stereocenters. The highest BCUT2D eigenvalue weighted by Crippen LogP contribution is 2.27. The summed E-state index contributed by atoms with van der Waals surface area (Å²) in [5.41, 5.74) is 0.247. The molecule has 2 rings (SSSR count). The summed E-state index contributed by atoms with van der Waals surface area (Å²) in [4.78, 5) is 0. The van der Waals surface area contributed by atoms with Gasteiger partial charge >= 0.3 is 0 Å². The Bertz CT molecular complexity index is 469. The van der Waals surface area contributed by atoms with Gasteiger partial charge in [0, 0.05) is 25.8 Å². The van der Waals surface area contributed by atoms with Crippen LogP contribution < -0.4 is 5.32 Å². The normalized spacial score (nSPS) is 21.5. The highest BCUT2D eigenvalue weighted by atomic mass is 35.5. The zero-order valence-corrected chi connectivity index (χ0v) is 13.5. The van der Waals surface area contributed by atoms with Gasteiger partial charge in [-0.05, 0) is 25.3 Å². The fraction of sp³-hybridized carbons (Fsp3) is 0.625. The molecular formula is C16H23ClFNO3. The van der Waals surface area contributed by atoms with Crippen LogP contribution in [0.5, 0.6) is 0 Å². The van der Waals surface area contributed by atoms with Crippen molar-refractivity contribution in [1.29, 1.82) is 0 Å². The van der Waals surface area contributed by atoms with Gasteiger partial charge < -0.3 is 19.9 Å². The Kier molecular flexibility index (Phi) is 7.05. The van der Waals surface area contributed by atoms with Crippen molar-refractivity contribution in [3.05, 3.63) is 34.6 Å². The number of nitrogens with one attached hydrogen (secondary N) is 1. The third kappa shape index (κ3) is 4.64. The van der Waals surface area contributed by atoms with E-state index in [0.717, 1.165) is 19.5 Å². The average Bonchev–Trinajstić information content (AvgIpc) is 2.55. The van der Waals surface area contributed by atoms with Crippen molar-refractivity contribution < 1.29 is 19.0 Å². The summed E-state index contributed by atoms with van der Waals surface area (Å²) in [6.45, 7) is 2.31. The average molecular weight is 332 g/mol. The van der Waals surface area contributed by atoms with E-state index in [4.69, 9.17) is 21.1 Å². The largest absolute Gasteiger partial charge is 0.388 e. The number of aliphatic hydroxyl groups is 1. The Hall–Kier alpha value is -0.720. The molecule has 0 bridgehead atoms. The van der Waals surface area contributed by atoms with E-state index in [9.17, 15) is 9.50 Å². The van der Waals surface area contributed by atoms with Crippen molar-refractivity contribution in [1.82, 2.24) is 5.32 Å². The molecule has 0 spiro atoms. The Morgan fingerprint density at radius 2 is 2.32 bits per heavy atom. The fourth-order valence-corrected chi connectivity index (χ4v) is 2.91. The molecule has 2 N–H and O–H groups in total. The van der Waals surface area contributed by atoms with E-state index in [-0.39, 0.29) is 22.8 Å². The van der Waals surface area contributed by atoms with Crippen LogP contribution in [0.3, 0.4) is 0 Å². The molecule has 0 amide bonds. The highest BCUT2D eigenvalue weighted by molar-refractivity contribution is 6.30. The van der Waals surface area contributed by atoms with Crippen molar-refractivity contribution in [2.24, 2.45) is 0 Å². The first-order valence-electron chi connectivity index (χ1n) is 7.60. The minimum atomic E-state index is -0.860. The molecule has 1 aromatic carbocycles. The van der Waals surface area contributed by atoms with Crippen LogP contribution in [-0.4, -0.2) is 44.1 Å². The number of rotatable bonds is 7. The van der Waals surface area contributed by atoms with Gasteiger partial charge in [0.2, 0.25) is 0 Å². The fourth-order valence-electron chi connectivity index (χ4n) is 2.73. The molecule has 0 aromatic heterocycles. The maximum Gasteiger partial charge on any atom is 0.147 e. The van der Waals surface area contributed by atoms with Crippen molar-refractivity contribution in [2.75, 3.05) is 26.8 Å². The number of halogens is 2. The molecule has 1 fully saturated rings. The summed E-state index contributed by atoms with van der Waals surface area (Å²) in [6.07, 6.45) is 1.06. The van der Waals surface area contributed by atoms with E-state index >= 15 is 0 Å². The number of ether oxygens (including phenoxy) is 2. The van der Waals surface area contributed by atoms with E-state index in [0.29, 0.717) is 19.4 Å². The first-order chi connectivity index (χ1) is 10.6. The summed E-state index contributed by atoms with van der Waals surface area (Å²) in [5, 5.41) is 13.4. The van der Waals surface area contributed by atoms with Crippen LogP contribution in [0.15, 0.2) is 18.2 Å². The molecule has 1 aliphatic heterocycles. The van der Waals surface area contributed by atoms with E-state index in [1.54, 1.807) is 19.2 Å². The van der Waals surface area contributed by atoms with Gasteiger partial charge in [0.1, 0.15) is 5.82 Å². The lowest BCUT2D eigenvalue weighted by atomic mass is 10.00. The van der Waals surface area contributed by atoms with Crippen molar-refractivity contribution in [3.8, 4) is 0 Å². The lowest BCUT2D eigenvalue weighted by Gasteiger charge is -2.30. The molecule has 1 aliphatic rings. The van der Waals surface area contributed by atoms with E-state index in [1.807, 2.05) is 0 Å². The van der Waals surface area contributed by atoms with Crippen LogP contribution in [0.1, 0.15) is 30.9 Å². The van der Waals surface area contributed by atoms with Crippen LogP contribution in [0.25, 0.3) is 0 Å². The molecule has 22 heavy (non-hydrogen) atoms. The van der Waals surface area contributed by atoms with Gasteiger partial charge in [0.05, 0.1) is 29.9 Å². The Morgan fingerprint density at radius 1 is 1.50 bits per heavy atom. The maximum atomic E-state index is 13.9. The van der Waals surface area contributed by atoms with Gasteiger partial charge in [-0.15, -0.1) is 0 Å². The van der Waals surface area contributed by atoms with Crippen LogP contribution in [-0.2, 0) is 9.47 Å². The first-order valence-corrected chi connectivity index (χ1v) is 7.98. The minimum absolute atomic E-state index is 0.0239. The summed E-state index contributed by atoms with van der Waals surface area (Å²) < 4.78 is 25.0. The zero-order valence-electron chi connectivity index (χ0n) is 12.7. The van der Waals surface area contributed by atoms with Crippen molar-refractivity contribution >= 4 is 11.6 Å². The summed E-state index contributed by atoms with van der Waals surface area (Å²) in [5.74, 6) is -0.542. The second-order valence-electron chi connectivity index (χ2n) is 5.48. The molecule has 1 heterocycles. The quantitative estimate of drug-likeness (QED) is 0.806. The summed E-state index contributed by atoms with van der Waals surface area (Å²) in [6, 6.07) is 4.68. The molecule has 0 aliphatic carbocycles. The Morgan fingerprint density at radius 3 is 3.00 bits per heavy atom. The topological polar surface area (TPSA) is 50.7 Å². The maximum absolute atomic E-state index is 13.9. The third-order valence-electron chi connectivity index (χ3n) is 3.98. The SMILES string of the molecule is COC(CCCC(O)c1cccc(Cl)c1F)[C@H]1CNCCO1. The molecular weight excluding hydrogens is 309 g/mol. The lowest BCUT2D eigenvalue weighted by Crippen LogP contribution is -2.45. The van der Waals surface area contributed by atoms with E-state index in [2.05, 4.69) is 5.32 Å². The van der Waals surface area contributed by atoms with Gasteiger partial charge in [0.25, 0.3) is 0 Å². The smallest absolute Gasteiger partial charge is 0.147 e. The Labute approximate surface area is 135 Å². The van der Waals surface area contributed by atoms with Crippen LogP contribution in [0.4, 0.5) is 4.39 Å². The van der Waals surface area contributed by atoms with Gasteiger partial charge in [0.15, 0.2) is 0 Å². The molecule has 1 aromatic rings. The number of aliphatic hydroxyl groups excluding tert-OH is 1. The summed E-state index contributed by atoms with van der Waals surface area (Å²) >= 11 is 5.74. The first kappa shape index (κ1) is 17.6. The standard InChI is InChI=1S/C16H23ClFNO3/c1-21-14(15-10-19-8-9-22-15)7-3-6-13(20)11-4-2-5-12(17)16(11)18/h2,4-5,13-15,19-20H,3,6-10H2,1H3/t13?,14?,15-/m1/s1. The molecule has 4 nitrogen and oxygen atoms in total. The second kappa shape index (κ2) is 8.79. The predicted octanol–water partition coefficient (Wildman–Crippen LogP) is 2.69. The number of morpholine rings is 1. The zero-order chi connectivity index (χ0) is 15.9. The van der Waals surface area contributed by atoms with E-state index < -0.39 is 11.9 Å². The van der Waals surface area contributed by atoms with Gasteiger partial charge in [-0.25, -0.2) is 4.39 Å². The predicted molar refractivity (Wildman–Crippen MR) is 83.6 cm³/mol. The highest BCUT2D eigenvalue weighted by Gasteiger charge is 2.24. The molecule has 0 saturated carbocycles.